The summed E-state index contributed by atoms with van der Waals surface area (Å²) in [6.45, 7) is 3.50. The van der Waals surface area contributed by atoms with Crippen LogP contribution in [0.3, 0.4) is 0 Å². The maximum absolute atomic E-state index is 12.1. The van der Waals surface area contributed by atoms with Crippen LogP contribution in [0.1, 0.15) is 37.0 Å². The average Bonchev–Trinajstić information content (AvgIpc) is 2.36. The summed E-state index contributed by atoms with van der Waals surface area (Å²) in [4.78, 5) is 23.4. The summed E-state index contributed by atoms with van der Waals surface area (Å²) in [5.41, 5.74) is -0.767. The molecule has 0 aliphatic carbocycles. The first kappa shape index (κ1) is 14.7. The van der Waals surface area contributed by atoms with Crippen molar-refractivity contribution in [3.05, 3.63) is 34.3 Å². The van der Waals surface area contributed by atoms with E-state index in [0.717, 1.165) is 0 Å². The smallest absolute Gasteiger partial charge is 0.329 e. The monoisotopic (exact) mass is 313 g/mol. The van der Waals surface area contributed by atoms with Gasteiger partial charge in [-0.1, -0.05) is 26.0 Å². The van der Waals surface area contributed by atoms with Gasteiger partial charge in [0.15, 0.2) is 0 Å². The second kappa shape index (κ2) is 6.00. The molecule has 0 aliphatic heterocycles. The van der Waals surface area contributed by atoms with Gasteiger partial charge in [0.25, 0.3) is 5.91 Å². The van der Waals surface area contributed by atoms with Gasteiger partial charge in [0.05, 0.1) is 5.56 Å². The lowest BCUT2D eigenvalue weighted by Crippen LogP contribution is -2.53. The van der Waals surface area contributed by atoms with Crippen LogP contribution in [-0.2, 0) is 4.79 Å². The summed E-state index contributed by atoms with van der Waals surface area (Å²) < 4.78 is 0.647. The van der Waals surface area contributed by atoms with E-state index >= 15 is 0 Å². The number of nitrogens with one attached hydrogen (secondary N) is 1. The van der Waals surface area contributed by atoms with Gasteiger partial charge in [0.2, 0.25) is 0 Å². The zero-order chi connectivity index (χ0) is 13.8. The third-order valence-corrected chi connectivity index (χ3v) is 3.78. The van der Waals surface area contributed by atoms with Crippen molar-refractivity contribution in [1.82, 2.24) is 5.32 Å². The summed E-state index contributed by atoms with van der Waals surface area (Å²) in [6.07, 6.45) is 0.685. The molecule has 5 heteroatoms. The molecule has 0 saturated heterocycles. The summed E-state index contributed by atoms with van der Waals surface area (Å²) in [6, 6.07) is 6.93. The van der Waals surface area contributed by atoms with Gasteiger partial charge in [0.1, 0.15) is 5.54 Å². The number of rotatable bonds is 5. The Morgan fingerprint density at radius 1 is 1.28 bits per heavy atom. The van der Waals surface area contributed by atoms with Gasteiger partial charge >= 0.3 is 5.97 Å². The van der Waals surface area contributed by atoms with Crippen LogP contribution in [0.25, 0.3) is 0 Å². The highest BCUT2D eigenvalue weighted by atomic mass is 79.9. The van der Waals surface area contributed by atoms with Crippen molar-refractivity contribution in [1.29, 1.82) is 0 Å². The molecule has 98 valence electrons. The van der Waals surface area contributed by atoms with E-state index in [1.165, 1.54) is 0 Å². The van der Waals surface area contributed by atoms with Crippen molar-refractivity contribution in [2.75, 3.05) is 0 Å². The number of aliphatic carboxylic acids is 1. The van der Waals surface area contributed by atoms with Crippen LogP contribution in [0.15, 0.2) is 28.7 Å². The second-order valence-corrected chi connectivity index (χ2v) is 4.88. The molecule has 0 radical (unpaired) electrons. The van der Waals surface area contributed by atoms with Gasteiger partial charge < -0.3 is 10.4 Å². The highest BCUT2D eigenvalue weighted by Gasteiger charge is 2.36. The molecule has 1 aromatic carbocycles. The van der Waals surface area contributed by atoms with E-state index in [4.69, 9.17) is 0 Å². The molecule has 4 nitrogen and oxygen atoms in total. The van der Waals surface area contributed by atoms with Crippen LogP contribution in [0.2, 0.25) is 0 Å². The van der Waals surface area contributed by atoms with Crippen LogP contribution in [0.5, 0.6) is 0 Å². The highest BCUT2D eigenvalue weighted by Crippen LogP contribution is 2.20. The largest absolute Gasteiger partial charge is 0.480 e. The molecule has 0 heterocycles. The highest BCUT2D eigenvalue weighted by molar-refractivity contribution is 9.10. The molecular weight excluding hydrogens is 298 g/mol. The minimum Gasteiger partial charge on any atom is -0.480 e. The first-order valence-electron chi connectivity index (χ1n) is 5.77. The summed E-state index contributed by atoms with van der Waals surface area (Å²) in [5.74, 6) is -1.39. The van der Waals surface area contributed by atoms with Gasteiger partial charge in [0, 0.05) is 4.47 Å². The third-order valence-electron chi connectivity index (χ3n) is 3.09. The zero-order valence-electron chi connectivity index (χ0n) is 10.4. The summed E-state index contributed by atoms with van der Waals surface area (Å²) >= 11 is 3.28. The number of hydrogen-bond donors (Lipinski definition) is 2. The lowest BCUT2D eigenvalue weighted by Gasteiger charge is -2.28. The number of halogens is 1. The molecule has 0 spiro atoms. The van der Waals surface area contributed by atoms with Crippen LogP contribution < -0.4 is 5.32 Å². The van der Waals surface area contributed by atoms with E-state index in [1.807, 2.05) is 0 Å². The number of hydrogen-bond acceptors (Lipinski definition) is 2. The van der Waals surface area contributed by atoms with Crippen molar-refractivity contribution in [3.63, 3.8) is 0 Å². The van der Waals surface area contributed by atoms with Crippen molar-refractivity contribution in [2.45, 2.75) is 32.2 Å². The molecule has 2 N–H and O–H groups in total. The third kappa shape index (κ3) is 2.90. The molecule has 0 aromatic heterocycles. The van der Waals surface area contributed by atoms with E-state index in [1.54, 1.807) is 38.1 Å². The minimum absolute atomic E-state index is 0.342. The molecule has 1 rings (SSSR count). The summed E-state index contributed by atoms with van der Waals surface area (Å²) in [5, 5.41) is 11.9. The molecule has 0 fully saturated rings. The second-order valence-electron chi connectivity index (χ2n) is 4.03. The molecule has 18 heavy (non-hydrogen) atoms. The van der Waals surface area contributed by atoms with Crippen molar-refractivity contribution in [3.8, 4) is 0 Å². The molecule has 0 atom stereocenters. The van der Waals surface area contributed by atoms with E-state index in [0.29, 0.717) is 22.9 Å². The van der Waals surface area contributed by atoms with Crippen LogP contribution in [0, 0.1) is 0 Å². The van der Waals surface area contributed by atoms with Crippen LogP contribution >= 0.6 is 15.9 Å². The standard InChI is InChI=1S/C13H16BrNO3/c1-3-13(4-2,12(17)18)15-11(16)9-7-5-6-8-10(9)14/h5-8H,3-4H2,1-2H3,(H,15,16)(H,17,18). The van der Waals surface area contributed by atoms with Gasteiger partial charge in [-0.15, -0.1) is 0 Å². The van der Waals surface area contributed by atoms with Crippen molar-refractivity contribution >= 4 is 27.8 Å². The Morgan fingerprint density at radius 3 is 2.28 bits per heavy atom. The number of benzene rings is 1. The Bertz CT molecular complexity index is 455. The Kier molecular flexibility index (Phi) is 4.90. The Balaban J connectivity index is 3.00. The first-order valence-corrected chi connectivity index (χ1v) is 6.56. The van der Waals surface area contributed by atoms with E-state index in [-0.39, 0.29) is 5.91 Å². The Morgan fingerprint density at radius 2 is 1.83 bits per heavy atom. The number of carbonyl (C=O) groups excluding carboxylic acids is 1. The molecule has 1 amide bonds. The maximum Gasteiger partial charge on any atom is 0.329 e. The quantitative estimate of drug-likeness (QED) is 0.878. The average molecular weight is 314 g/mol. The number of carbonyl (C=O) groups is 2. The Labute approximate surface area is 115 Å². The molecular formula is C13H16BrNO3. The molecule has 0 aliphatic rings. The zero-order valence-corrected chi connectivity index (χ0v) is 12.0. The van der Waals surface area contributed by atoms with Gasteiger partial charge in [-0.25, -0.2) is 4.79 Å². The minimum atomic E-state index is -1.20. The van der Waals surface area contributed by atoms with E-state index in [2.05, 4.69) is 21.2 Å². The van der Waals surface area contributed by atoms with E-state index < -0.39 is 11.5 Å². The lowest BCUT2D eigenvalue weighted by atomic mass is 9.92. The number of amides is 1. The molecule has 0 unspecified atom stereocenters. The Hall–Kier alpha value is -1.36. The van der Waals surface area contributed by atoms with Crippen LogP contribution in [0.4, 0.5) is 0 Å². The number of carboxylic acid groups (broad SMARTS) is 1. The van der Waals surface area contributed by atoms with Gasteiger partial charge in [-0.3, -0.25) is 4.79 Å². The van der Waals surface area contributed by atoms with Crippen molar-refractivity contribution in [2.24, 2.45) is 0 Å². The SMILES string of the molecule is CCC(CC)(NC(=O)c1ccccc1Br)C(=O)O. The van der Waals surface area contributed by atoms with Crippen molar-refractivity contribution < 1.29 is 14.7 Å². The van der Waals surface area contributed by atoms with Crippen LogP contribution in [-0.4, -0.2) is 22.5 Å². The first-order chi connectivity index (χ1) is 8.46. The molecule has 0 bridgehead atoms. The fourth-order valence-electron chi connectivity index (χ4n) is 1.71. The number of carboxylic acids is 1. The molecule has 1 aromatic rings. The fraction of sp³-hybridized carbons (Fsp3) is 0.385. The van der Waals surface area contributed by atoms with E-state index in [9.17, 15) is 14.7 Å². The fourth-order valence-corrected chi connectivity index (χ4v) is 2.18. The molecule has 0 saturated carbocycles. The lowest BCUT2D eigenvalue weighted by molar-refractivity contribution is -0.144. The predicted molar refractivity (Wildman–Crippen MR) is 72.6 cm³/mol. The normalized spacial score (nSPS) is 11.1. The maximum atomic E-state index is 12.1. The topological polar surface area (TPSA) is 66.4 Å². The summed E-state index contributed by atoms with van der Waals surface area (Å²) in [7, 11) is 0. The van der Waals surface area contributed by atoms with Gasteiger partial charge in [-0.05, 0) is 40.9 Å². The van der Waals surface area contributed by atoms with Gasteiger partial charge in [-0.2, -0.15) is 0 Å². The predicted octanol–water partition coefficient (Wildman–Crippen LogP) is 2.82.